The minimum absolute atomic E-state index is 0.0134. The van der Waals surface area contributed by atoms with E-state index in [9.17, 15) is 14.9 Å². The fourth-order valence-corrected chi connectivity index (χ4v) is 1.35. The Balaban J connectivity index is 2.96. The van der Waals surface area contributed by atoms with E-state index in [2.05, 4.69) is 4.99 Å². The molecule has 0 N–H and O–H groups in total. The number of aliphatic imine (C=N–C) groups is 1. The van der Waals surface area contributed by atoms with Gasteiger partial charge in [-0.25, -0.2) is 9.79 Å². The molecule has 15 heavy (non-hydrogen) atoms. The Kier molecular flexibility index (Phi) is 3.97. The summed E-state index contributed by atoms with van der Waals surface area (Å²) in [5.41, 5.74) is 0.451. The van der Waals surface area contributed by atoms with Gasteiger partial charge in [0.05, 0.1) is 11.5 Å². The number of nitrogens with zero attached hydrogens (tertiary/aromatic N) is 2. The van der Waals surface area contributed by atoms with E-state index < -0.39 is 4.92 Å². The fraction of sp³-hybridized carbons (Fsp3) is 0.222. The smallest absolute Gasteiger partial charge is 0.258 e. The van der Waals surface area contributed by atoms with Crippen LogP contribution in [0.3, 0.4) is 0 Å². The van der Waals surface area contributed by atoms with Gasteiger partial charge in [-0.05, 0) is 18.6 Å². The monoisotopic (exact) mass is 226 g/mol. The Morgan fingerprint density at radius 2 is 2.27 bits per heavy atom. The Hall–Kier alpha value is -1.71. The van der Waals surface area contributed by atoms with Gasteiger partial charge in [0.1, 0.15) is 0 Å². The SMILES string of the molecule is O=C=NCCc1cc(Cl)ccc1[N+](=O)[O-]. The summed E-state index contributed by atoms with van der Waals surface area (Å²) in [5.74, 6) is 0. The van der Waals surface area contributed by atoms with Gasteiger partial charge in [-0.2, -0.15) is 0 Å². The maximum Gasteiger partial charge on any atom is 0.272 e. The van der Waals surface area contributed by atoms with Crippen LogP contribution in [0.25, 0.3) is 0 Å². The molecule has 0 saturated heterocycles. The van der Waals surface area contributed by atoms with Crippen molar-refractivity contribution in [3.05, 3.63) is 38.9 Å². The third-order valence-corrected chi connectivity index (χ3v) is 2.03. The quantitative estimate of drug-likeness (QED) is 0.342. The van der Waals surface area contributed by atoms with Crippen LogP contribution in [-0.2, 0) is 11.2 Å². The summed E-state index contributed by atoms with van der Waals surface area (Å²) in [4.78, 5) is 23.3. The molecule has 5 nitrogen and oxygen atoms in total. The Bertz CT molecular complexity index is 427. The van der Waals surface area contributed by atoms with Crippen molar-refractivity contribution in [1.29, 1.82) is 0 Å². The highest BCUT2D eigenvalue weighted by atomic mass is 35.5. The second kappa shape index (κ2) is 5.24. The zero-order valence-corrected chi connectivity index (χ0v) is 8.40. The lowest BCUT2D eigenvalue weighted by Gasteiger charge is -2.00. The largest absolute Gasteiger partial charge is 0.272 e. The Morgan fingerprint density at radius 3 is 2.87 bits per heavy atom. The van der Waals surface area contributed by atoms with Crippen LogP contribution in [0.5, 0.6) is 0 Å². The molecule has 78 valence electrons. The standard InChI is InChI=1S/C9H7ClN2O3/c10-8-1-2-9(12(14)15)7(5-8)3-4-11-6-13/h1-2,5H,3-4H2. The first-order valence-electron chi connectivity index (χ1n) is 4.11. The van der Waals surface area contributed by atoms with E-state index in [1.165, 1.54) is 24.3 Å². The van der Waals surface area contributed by atoms with Gasteiger partial charge in [0, 0.05) is 16.7 Å². The number of isocyanates is 1. The number of halogens is 1. The summed E-state index contributed by atoms with van der Waals surface area (Å²) >= 11 is 5.70. The van der Waals surface area contributed by atoms with Crippen molar-refractivity contribution in [2.45, 2.75) is 6.42 Å². The van der Waals surface area contributed by atoms with E-state index >= 15 is 0 Å². The lowest BCUT2D eigenvalue weighted by Crippen LogP contribution is -1.97. The average molecular weight is 227 g/mol. The minimum Gasteiger partial charge on any atom is -0.258 e. The van der Waals surface area contributed by atoms with Gasteiger partial charge in [0.25, 0.3) is 5.69 Å². The maximum absolute atomic E-state index is 10.6. The van der Waals surface area contributed by atoms with Crippen molar-refractivity contribution in [3.8, 4) is 0 Å². The van der Waals surface area contributed by atoms with Crippen LogP contribution in [0.15, 0.2) is 23.2 Å². The van der Waals surface area contributed by atoms with Crippen molar-refractivity contribution in [2.75, 3.05) is 6.54 Å². The van der Waals surface area contributed by atoms with Gasteiger partial charge < -0.3 is 0 Å². The predicted molar refractivity (Wildman–Crippen MR) is 54.8 cm³/mol. The van der Waals surface area contributed by atoms with E-state index in [1.807, 2.05) is 0 Å². The molecule has 1 aromatic rings. The normalized spacial score (nSPS) is 9.40. The summed E-state index contributed by atoms with van der Waals surface area (Å²) < 4.78 is 0. The van der Waals surface area contributed by atoms with Crippen molar-refractivity contribution >= 4 is 23.4 Å². The van der Waals surface area contributed by atoms with Crippen molar-refractivity contribution in [2.24, 2.45) is 4.99 Å². The molecule has 0 amide bonds. The third-order valence-electron chi connectivity index (χ3n) is 1.80. The second-order valence-electron chi connectivity index (χ2n) is 2.75. The van der Waals surface area contributed by atoms with E-state index in [0.29, 0.717) is 17.0 Å². The molecule has 0 atom stereocenters. The molecule has 0 aliphatic carbocycles. The molecule has 6 heteroatoms. The number of benzene rings is 1. The van der Waals surface area contributed by atoms with Crippen LogP contribution in [0, 0.1) is 10.1 Å². The highest BCUT2D eigenvalue weighted by molar-refractivity contribution is 6.30. The molecule has 0 aliphatic rings. The highest BCUT2D eigenvalue weighted by Gasteiger charge is 2.12. The van der Waals surface area contributed by atoms with Crippen LogP contribution in [-0.4, -0.2) is 17.5 Å². The molecule has 0 heterocycles. The Morgan fingerprint density at radius 1 is 1.53 bits per heavy atom. The summed E-state index contributed by atoms with van der Waals surface area (Å²) in [7, 11) is 0. The summed E-state index contributed by atoms with van der Waals surface area (Å²) in [6, 6.07) is 4.29. The van der Waals surface area contributed by atoms with Crippen LogP contribution in [0.1, 0.15) is 5.56 Å². The molecule has 1 aromatic carbocycles. The number of nitro groups is 1. The number of nitro benzene ring substituents is 1. The van der Waals surface area contributed by atoms with Gasteiger partial charge in [0.15, 0.2) is 0 Å². The fourth-order valence-electron chi connectivity index (χ4n) is 1.15. The molecule has 0 bridgehead atoms. The molecule has 0 radical (unpaired) electrons. The first kappa shape index (κ1) is 11.4. The average Bonchev–Trinajstić information content (AvgIpc) is 2.18. The summed E-state index contributed by atoms with van der Waals surface area (Å²) in [6.07, 6.45) is 1.67. The van der Waals surface area contributed by atoms with Gasteiger partial charge >= 0.3 is 0 Å². The first-order chi connectivity index (χ1) is 7.15. The first-order valence-corrected chi connectivity index (χ1v) is 4.49. The van der Waals surface area contributed by atoms with Gasteiger partial charge in [-0.1, -0.05) is 11.6 Å². The number of rotatable bonds is 4. The van der Waals surface area contributed by atoms with Gasteiger partial charge in [0.2, 0.25) is 6.08 Å². The molecule has 1 rings (SSSR count). The molecule has 0 saturated carbocycles. The molecule has 0 aliphatic heterocycles. The molecule has 0 unspecified atom stereocenters. The van der Waals surface area contributed by atoms with Crippen molar-refractivity contribution < 1.29 is 9.72 Å². The number of carbonyl (C=O) groups excluding carboxylic acids is 1. The van der Waals surface area contributed by atoms with Crippen LogP contribution >= 0.6 is 11.6 Å². The van der Waals surface area contributed by atoms with Crippen LogP contribution in [0.4, 0.5) is 5.69 Å². The van der Waals surface area contributed by atoms with Crippen molar-refractivity contribution in [1.82, 2.24) is 0 Å². The van der Waals surface area contributed by atoms with Crippen LogP contribution in [0.2, 0.25) is 5.02 Å². The van der Waals surface area contributed by atoms with E-state index in [-0.39, 0.29) is 12.2 Å². The second-order valence-corrected chi connectivity index (χ2v) is 3.19. The van der Waals surface area contributed by atoms with E-state index in [1.54, 1.807) is 0 Å². The molecule has 0 aromatic heterocycles. The predicted octanol–water partition coefficient (Wildman–Crippen LogP) is 2.13. The zero-order valence-electron chi connectivity index (χ0n) is 7.64. The lowest BCUT2D eigenvalue weighted by molar-refractivity contribution is -0.385. The van der Waals surface area contributed by atoms with Crippen LogP contribution < -0.4 is 0 Å². The van der Waals surface area contributed by atoms with Gasteiger partial charge in [-0.3, -0.25) is 10.1 Å². The minimum atomic E-state index is -0.490. The Labute approximate surface area is 90.5 Å². The summed E-state index contributed by atoms with van der Waals surface area (Å²) in [5, 5.41) is 11.0. The third kappa shape index (κ3) is 3.16. The molecule has 0 fully saturated rings. The number of hydrogen-bond acceptors (Lipinski definition) is 4. The van der Waals surface area contributed by atoms with Crippen molar-refractivity contribution in [3.63, 3.8) is 0 Å². The topological polar surface area (TPSA) is 72.6 Å². The summed E-state index contributed by atoms with van der Waals surface area (Å²) in [6.45, 7) is 0.171. The molecular formula is C9H7ClN2O3. The van der Waals surface area contributed by atoms with E-state index in [0.717, 1.165) is 0 Å². The van der Waals surface area contributed by atoms with Gasteiger partial charge in [-0.15, -0.1) is 0 Å². The molecular weight excluding hydrogens is 220 g/mol. The lowest BCUT2D eigenvalue weighted by atomic mass is 10.1. The maximum atomic E-state index is 10.6. The van der Waals surface area contributed by atoms with E-state index in [4.69, 9.17) is 11.6 Å². The highest BCUT2D eigenvalue weighted by Crippen LogP contribution is 2.22. The molecule has 0 spiro atoms. The number of hydrogen-bond donors (Lipinski definition) is 0. The zero-order chi connectivity index (χ0) is 11.3.